The molecule has 3 N–H and O–H groups in total. The lowest BCUT2D eigenvalue weighted by Crippen LogP contribution is -2.49. The third kappa shape index (κ3) is 8.91. The normalized spacial score (nSPS) is 17.2. The second-order valence-corrected chi connectivity index (χ2v) is 18.5. The van der Waals surface area contributed by atoms with Crippen molar-refractivity contribution in [2.75, 3.05) is 67.1 Å². The van der Waals surface area contributed by atoms with Gasteiger partial charge in [-0.3, -0.25) is 29.7 Å². The highest BCUT2D eigenvalue weighted by Crippen LogP contribution is 2.33. The van der Waals surface area contributed by atoms with Gasteiger partial charge in [0.25, 0.3) is 11.7 Å². The summed E-state index contributed by atoms with van der Waals surface area (Å²) in [5, 5.41) is 10.2. The van der Waals surface area contributed by atoms with Gasteiger partial charge in [0.15, 0.2) is 0 Å². The van der Waals surface area contributed by atoms with Crippen molar-refractivity contribution in [2.24, 2.45) is 5.92 Å². The van der Waals surface area contributed by atoms with Crippen molar-refractivity contribution in [3.8, 4) is 22.6 Å². The molecule has 16 nitrogen and oxygen atoms in total. The van der Waals surface area contributed by atoms with E-state index in [9.17, 15) is 14.4 Å². The van der Waals surface area contributed by atoms with Gasteiger partial charge in [0.1, 0.15) is 12.0 Å². The third-order valence-corrected chi connectivity index (χ3v) is 12.8. The van der Waals surface area contributed by atoms with Crippen LogP contribution < -0.4 is 25.3 Å². The van der Waals surface area contributed by atoms with Crippen LogP contribution in [0.25, 0.3) is 33.7 Å². The minimum atomic E-state index is -0.388. The van der Waals surface area contributed by atoms with Crippen LogP contribution >= 0.6 is 0 Å². The Labute approximate surface area is 372 Å². The summed E-state index contributed by atoms with van der Waals surface area (Å²) in [6, 6.07) is 18.1. The summed E-state index contributed by atoms with van der Waals surface area (Å²) >= 11 is 0. The largest absolute Gasteiger partial charge is 0.372 e. The number of carbonyl (C=O) groups is 3. The molecule has 2 aromatic carbocycles. The third-order valence-electron chi connectivity index (χ3n) is 12.8. The number of aryl methyl sites for hydroxylation is 2. The van der Waals surface area contributed by atoms with Crippen molar-refractivity contribution >= 4 is 45.9 Å². The summed E-state index contributed by atoms with van der Waals surface area (Å²) in [5.74, 6) is 0.494. The number of hydrogen-bond donors (Lipinski definition) is 3. The van der Waals surface area contributed by atoms with Crippen LogP contribution in [0.2, 0.25) is 0 Å². The maximum atomic E-state index is 13.0. The number of amides is 4. The number of aromatic amines is 1. The molecular weight excluding hydrogens is 809 g/mol. The van der Waals surface area contributed by atoms with Crippen LogP contribution in [-0.4, -0.2) is 105 Å². The van der Waals surface area contributed by atoms with E-state index < -0.39 is 0 Å². The lowest BCUT2D eigenvalue weighted by molar-refractivity contribution is -0.120. The number of nitrogens with zero attached hydrogens (tertiary/aromatic N) is 9. The number of hydrogen-bond acceptors (Lipinski definition) is 12. The lowest BCUT2D eigenvalue weighted by Gasteiger charge is -2.40. The first-order valence-corrected chi connectivity index (χ1v) is 22.3. The van der Waals surface area contributed by atoms with Gasteiger partial charge in [-0.15, -0.1) is 0 Å². The molecule has 1 atom stereocenters. The molecule has 7 heterocycles. The number of imide groups is 1. The second kappa shape index (κ2) is 17.5. The molecule has 4 aromatic heterocycles. The maximum Gasteiger partial charge on any atom is 0.328 e. The van der Waals surface area contributed by atoms with Gasteiger partial charge in [-0.05, 0) is 98.7 Å². The minimum absolute atomic E-state index is 0.0189. The van der Waals surface area contributed by atoms with Crippen molar-refractivity contribution in [3.05, 3.63) is 95.5 Å². The molecule has 3 aliphatic rings. The van der Waals surface area contributed by atoms with E-state index in [0.29, 0.717) is 24.8 Å². The zero-order valence-corrected chi connectivity index (χ0v) is 37.4. The van der Waals surface area contributed by atoms with Crippen LogP contribution in [0, 0.1) is 19.8 Å². The van der Waals surface area contributed by atoms with Crippen LogP contribution in [0.1, 0.15) is 86.2 Å². The summed E-state index contributed by atoms with van der Waals surface area (Å²) in [4.78, 5) is 68.0. The van der Waals surface area contributed by atoms with E-state index in [-0.39, 0.29) is 35.1 Å². The monoisotopic (exact) mass is 864 g/mol. The molecule has 3 fully saturated rings. The lowest BCUT2D eigenvalue weighted by atomic mass is 9.95. The van der Waals surface area contributed by atoms with Crippen molar-refractivity contribution in [1.82, 2.24) is 45.6 Å². The van der Waals surface area contributed by atoms with Crippen molar-refractivity contribution in [3.63, 3.8) is 0 Å². The fourth-order valence-electron chi connectivity index (χ4n) is 9.17. The summed E-state index contributed by atoms with van der Waals surface area (Å²) in [7, 11) is 0. The quantitative estimate of drug-likeness (QED) is 0.129. The molecular formula is C48H56N12O4. The molecule has 3 aliphatic heterocycles. The number of benzene rings is 2. The Morgan fingerprint density at radius 1 is 0.875 bits per heavy atom. The summed E-state index contributed by atoms with van der Waals surface area (Å²) in [6.07, 6.45) is 6.17. The fraction of sp³-hybridized carbons (Fsp3) is 0.417. The van der Waals surface area contributed by atoms with Crippen molar-refractivity contribution in [2.45, 2.75) is 72.3 Å². The molecule has 9 rings (SSSR count). The molecule has 0 radical (unpaired) electrons. The second-order valence-electron chi connectivity index (χ2n) is 18.5. The first kappa shape index (κ1) is 42.6. The Morgan fingerprint density at radius 2 is 1.64 bits per heavy atom. The highest BCUT2D eigenvalue weighted by atomic mass is 16.5. The number of H-pyrrole nitrogens is 1. The molecule has 6 aromatic rings. The number of fused-ring (bicyclic) bond motifs is 1. The van der Waals surface area contributed by atoms with Crippen LogP contribution in [0.3, 0.4) is 0 Å². The fourth-order valence-corrected chi connectivity index (χ4v) is 9.17. The van der Waals surface area contributed by atoms with Crippen molar-refractivity contribution < 1.29 is 18.9 Å². The molecule has 16 heteroatoms. The van der Waals surface area contributed by atoms with Gasteiger partial charge in [-0.1, -0.05) is 38.1 Å². The molecule has 4 amide bonds. The topological polar surface area (TPSA) is 182 Å². The Balaban J connectivity index is 0.771. The van der Waals surface area contributed by atoms with E-state index >= 15 is 0 Å². The molecule has 0 spiro atoms. The van der Waals surface area contributed by atoms with Gasteiger partial charge in [0.05, 0.1) is 35.0 Å². The average Bonchev–Trinajstić information content (AvgIpc) is 3.97. The molecule has 0 saturated carbocycles. The predicted octanol–water partition coefficient (Wildman–Crippen LogP) is 6.96. The number of urea groups is 1. The molecule has 332 valence electrons. The number of piperazine rings is 1. The number of anilines is 3. The number of carbonyl (C=O) groups excluding carboxylic acids is 3. The van der Waals surface area contributed by atoms with Gasteiger partial charge in [0, 0.05) is 86.5 Å². The maximum absolute atomic E-state index is 13.0. The van der Waals surface area contributed by atoms with Gasteiger partial charge < -0.3 is 24.6 Å². The standard InChI is InChI=1S/C48H56N12O4/c1-29-23-33(7-10-36(29)31(3)52-45(62)44-55-46(64-56-44)48(4,5)6)42-37-25-39(53-43(37)51-28-50-42)38-11-8-35(26-49-38)59-21-19-57(20-22-59)27-32-13-16-58(17-14-32)34-9-12-40(30(2)24-34)60-18-15-41(61)54-47(60)63/h7-12,23-26,28,31-32H,13-22,27H2,1-6H3,(H,52,62)(H,50,51,53)(H,54,61,63). The summed E-state index contributed by atoms with van der Waals surface area (Å²) in [5.41, 5.74) is 10.1. The molecule has 3 saturated heterocycles. The van der Waals surface area contributed by atoms with E-state index in [2.05, 4.69) is 86.8 Å². The Morgan fingerprint density at radius 3 is 2.33 bits per heavy atom. The van der Waals surface area contributed by atoms with E-state index in [1.165, 1.54) is 5.69 Å². The smallest absolute Gasteiger partial charge is 0.328 e. The van der Waals surface area contributed by atoms with E-state index in [1.54, 1.807) is 11.2 Å². The van der Waals surface area contributed by atoms with Gasteiger partial charge in [0.2, 0.25) is 11.8 Å². The predicted molar refractivity (Wildman–Crippen MR) is 246 cm³/mol. The Bertz CT molecular complexity index is 2690. The zero-order chi connectivity index (χ0) is 44.7. The molecule has 1 unspecified atom stereocenters. The summed E-state index contributed by atoms with van der Waals surface area (Å²) in [6.45, 7) is 19.4. The summed E-state index contributed by atoms with van der Waals surface area (Å²) < 4.78 is 5.32. The molecule has 64 heavy (non-hydrogen) atoms. The Hall–Kier alpha value is -6.68. The van der Waals surface area contributed by atoms with E-state index in [4.69, 9.17) is 9.51 Å². The number of nitrogens with one attached hydrogen (secondary N) is 3. The van der Waals surface area contributed by atoms with Gasteiger partial charge in [-0.2, -0.15) is 4.98 Å². The highest BCUT2D eigenvalue weighted by Gasteiger charge is 2.29. The van der Waals surface area contributed by atoms with Crippen LogP contribution in [0.15, 0.2) is 71.6 Å². The first-order chi connectivity index (χ1) is 30.8. The first-order valence-electron chi connectivity index (χ1n) is 22.3. The van der Waals surface area contributed by atoms with Crippen LogP contribution in [-0.2, 0) is 10.2 Å². The zero-order valence-electron chi connectivity index (χ0n) is 37.4. The molecule has 0 bridgehead atoms. The van der Waals surface area contributed by atoms with Crippen LogP contribution in [0.4, 0.5) is 21.9 Å². The number of rotatable bonds is 10. The SMILES string of the molecule is Cc1cc(-c2ncnc3[nH]c(-c4ccc(N5CCN(CC6CCN(c7ccc(N8CCC(=O)NC8=O)c(C)c7)CC6)CC5)cn4)cc23)ccc1C(C)NC(=O)c1noc(C(C)(C)C)n1. The minimum Gasteiger partial charge on any atom is -0.372 e. The number of aromatic nitrogens is 6. The van der Waals surface area contributed by atoms with Gasteiger partial charge in [-0.25, -0.2) is 14.8 Å². The number of piperidine rings is 1. The van der Waals surface area contributed by atoms with E-state index in [1.807, 2.05) is 65.9 Å². The molecule has 0 aliphatic carbocycles. The number of pyridine rings is 1. The Kier molecular flexibility index (Phi) is 11.6. The van der Waals surface area contributed by atoms with Crippen molar-refractivity contribution in [1.29, 1.82) is 0 Å². The van der Waals surface area contributed by atoms with Gasteiger partial charge >= 0.3 is 6.03 Å². The van der Waals surface area contributed by atoms with Crippen LogP contribution in [0.5, 0.6) is 0 Å². The van der Waals surface area contributed by atoms with E-state index in [0.717, 1.165) is 120 Å². The highest BCUT2D eigenvalue weighted by molar-refractivity contribution is 6.06. The average molecular weight is 865 g/mol.